The molecule has 0 aliphatic carbocycles. The van der Waals surface area contributed by atoms with Gasteiger partial charge >= 0.3 is 0 Å². The molecule has 0 spiro atoms. The number of halogens is 2. The minimum absolute atomic E-state index is 0.436. The van der Waals surface area contributed by atoms with Gasteiger partial charge < -0.3 is 10.1 Å². The van der Waals surface area contributed by atoms with E-state index in [1.165, 1.54) is 12.8 Å². The van der Waals surface area contributed by atoms with Gasteiger partial charge in [-0.2, -0.15) is 0 Å². The maximum atomic E-state index is 6.01. The van der Waals surface area contributed by atoms with E-state index in [9.17, 15) is 0 Å². The van der Waals surface area contributed by atoms with Crippen LogP contribution >= 0.6 is 27.5 Å². The van der Waals surface area contributed by atoms with Crippen LogP contribution in [0.4, 0.5) is 5.69 Å². The molecule has 0 aromatic heterocycles. The molecule has 1 aromatic rings. The second-order valence-electron chi connectivity index (χ2n) is 3.95. The standard InChI is InChI=1S/C12H15BrClNO/c13-12-10(14)4-1-5-11(12)15-7-6-9-3-2-8-16-9/h1,4-5,9,15H,2-3,6-8H2. The van der Waals surface area contributed by atoms with Crippen molar-refractivity contribution in [3.63, 3.8) is 0 Å². The number of rotatable bonds is 4. The Bertz CT molecular complexity index is 353. The van der Waals surface area contributed by atoms with Crippen LogP contribution in [-0.4, -0.2) is 19.3 Å². The van der Waals surface area contributed by atoms with Crippen molar-refractivity contribution in [3.8, 4) is 0 Å². The van der Waals surface area contributed by atoms with Gasteiger partial charge in [0.05, 0.1) is 15.6 Å². The van der Waals surface area contributed by atoms with E-state index in [1.54, 1.807) is 0 Å². The molecule has 0 amide bonds. The normalized spacial score (nSPS) is 20.0. The van der Waals surface area contributed by atoms with Crippen LogP contribution in [0.3, 0.4) is 0 Å². The molecule has 4 heteroatoms. The Balaban J connectivity index is 1.82. The molecule has 1 atom stereocenters. The summed E-state index contributed by atoms with van der Waals surface area (Å²) >= 11 is 9.48. The largest absolute Gasteiger partial charge is 0.384 e. The Kier molecular flexibility index (Phi) is 4.50. The lowest BCUT2D eigenvalue weighted by molar-refractivity contribution is 0.107. The minimum atomic E-state index is 0.436. The molecule has 0 saturated carbocycles. The minimum Gasteiger partial charge on any atom is -0.384 e. The third-order valence-corrected chi connectivity index (χ3v) is 4.15. The Hall–Kier alpha value is -0.250. The Morgan fingerprint density at radius 1 is 1.50 bits per heavy atom. The summed E-state index contributed by atoms with van der Waals surface area (Å²) in [6.45, 7) is 1.84. The molecule has 1 saturated heterocycles. The van der Waals surface area contributed by atoms with Crippen LogP contribution in [0.2, 0.25) is 5.02 Å². The molecular formula is C12H15BrClNO. The smallest absolute Gasteiger partial charge is 0.0593 e. The van der Waals surface area contributed by atoms with Gasteiger partial charge in [0.25, 0.3) is 0 Å². The quantitative estimate of drug-likeness (QED) is 0.905. The van der Waals surface area contributed by atoms with Crippen molar-refractivity contribution in [2.45, 2.75) is 25.4 Å². The van der Waals surface area contributed by atoms with Crippen LogP contribution in [0.15, 0.2) is 22.7 Å². The summed E-state index contributed by atoms with van der Waals surface area (Å²) in [6, 6.07) is 5.84. The molecule has 1 fully saturated rings. The van der Waals surface area contributed by atoms with Crippen molar-refractivity contribution < 1.29 is 4.74 Å². The molecule has 0 radical (unpaired) electrons. The maximum absolute atomic E-state index is 6.01. The second-order valence-corrected chi connectivity index (χ2v) is 5.15. The molecule has 16 heavy (non-hydrogen) atoms. The number of hydrogen-bond donors (Lipinski definition) is 1. The molecule has 1 unspecified atom stereocenters. The highest BCUT2D eigenvalue weighted by atomic mass is 79.9. The van der Waals surface area contributed by atoms with E-state index >= 15 is 0 Å². The fourth-order valence-electron chi connectivity index (χ4n) is 1.88. The van der Waals surface area contributed by atoms with Crippen molar-refractivity contribution >= 4 is 33.2 Å². The van der Waals surface area contributed by atoms with Crippen molar-refractivity contribution in [2.24, 2.45) is 0 Å². The van der Waals surface area contributed by atoms with Crippen molar-refractivity contribution in [3.05, 3.63) is 27.7 Å². The van der Waals surface area contributed by atoms with E-state index in [0.717, 1.165) is 34.8 Å². The zero-order valence-corrected chi connectivity index (χ0v) is 11.4. The van der Waals surface area contributed by atoms with E-state index in [4.69, 9.17) is 16.3 Å². The predicted molar refractivity (Wildman–Crippen MR) is 71.2 cm³/mol. The molecular weight excluding hydrogens is 289 g/mol. The lowest BCUT2D eigenvalue weighted by Gasteiger charge is -2.12. The summed E-state index contributed by atoms with van der Waals surface area (Å²) in [4.78, 5) is 0. The third-order valence-electron chi connectivity index (χ3n) is 2.76. The molecule has 1 heterocycles. The van der Waals surface area contributed by atoms with Gasteiger partial charge in [-0.3, -0.25) is 0 Å². The number of ether oxygens (including phenoxy) is 1. The average molecular weight is 305 g/mol. The molecule has 88 valence electrons. The first kappa shape index (κ1) is 12.2. The van der Waals surface area contributed by atoms with Gasteiger partial charge in [-0.1, -0.05) is 17.7 Å². The summed E-state index contributed by atoms with van der Waals surface area (Å²) in [5.41, 5.74) is 1.05. The Labute approximate surface area is 109 Å². The fourth-order valence-corrected chi connectivity index (χ4v) is 2.46. The average Bonchev–Trinajstić information content (AvgIpc) is 2.77. The zero-order valence-electron chi connectivity index (χ0n) is 9.01. The fraction of sp³-hybridized carbons (Fsp3) is 0.500. The number of nitrogens with one attached hydrogen (secondary N) is 1. The summed E-state index contributed by atoms with van der Waals surface area (Å²) in [5, 5.41) is 4.11. The molecule has 1 aromatic carbocycles. The summed E-state index contributed by atoms with van der Waals surface area (Å²) in [7, 11) is 0. The van der Waals surface area contributed by atoms with Crippen LogP contribution in [0.1, 0.15) is 19.3 Å². The topological polar surface area (TPSA) is 21.3 Å². The van der Waals surface area contributed by atoms with E-state index in [-0.39, 0.29) is 0 Å². The maximum Gasteiger partial charge on any atom is 0.0593 e. The van der Waals surface area contributed by atoms with Crippen LogP contribution < -0.4 is 5.32 Å². The van der Waals surface area contributed by atoms with Crippen LogP contribution in [-0.2, 0) is 4.74 Å². The number of benzene rings is 1. The van der Waals surface area contributed by atoms with Gasteiger partial charge in [-0.25, -0.2) is 0 Å². The van der Waals surface area contributed by atoms with E-state index in [0.29, 0.717) is 6.10 Å². The Morgan fingerprint density at radius 3 is 3.12 bits per heavy atom. The van der Waals surface area contributed by atoms with Crippen molar-refractivity contribution in [2.75, 3.05) is 18.5 Å². The van der Waals surface area contributed by atoms with Gasteiger partial charge in [0.1, 0.15) is 0 Å². The molecule has 2 rings (SSSR count). The summed E-state index contributed by atoms with van der Waals surface area (Å²) in [5.74, 6) is 0. The van der Waals surface area contributed by atoms with Gasteiger partial charge in [0.15, 0.2) is 0 Å². The molecule has 1 aliphatic heterocycles. The first-order valence-corrected chi connectivity index (χ1v) is 6.74. The first-order chi connectivity index (χ1) is 7.77. The SMILES string of the molecule is Clc1cccc(NCCC2CCCO2)c1Br. The third kappa shape index (κ3) is 3.12. The summed E-state index contributed by atoms with van der Waals surface area (Å²) in [6.07, 6.45) is 3.88. The van der Waals surface area contributed by atoms with Gasteiger partial charge in [-0.15, -0.1) is 0 Å². The van der Waals surface area contributed by atoms with Crippen molar-refractivity contribution in [1.82, 2.24) is 0 Å². The zero-order chi connectivity index (χ0) is 11.4. The number of anilines is 1. The highest BCUT2D eigenvalue weighted by molar-refractivity contribution is 9.10. The predicted octanol–water partition coefficient (Wildman–Crippen LogP) is 4.08. The second kappa shape index (κ2) is 5.89. The monoisotopic (exact) mass is 303 g/mol. The van der Waals surface area contributed by atoms with Crippen LogP contribution in [0.25, 0.3) is 0 Å². The lowest BCUT2D eigenvalue weighted by atomic mass is 10.2. The van der Waals surface area contributed by atoms with E-state index < -0.39 is 0 Å². The van der Waals surface area contributed by atoms with Crippen LogP contribution in [0, 0.1) is 0 Å². The van der Waals surface area contributed by atoms with Crippen molar-refractivity contribution in [1.29, 1.82) is 0 Å². The van der Waals surface area contributed by atoms with Crippen LogP contribution in [0.5, 0.6) is 0 Å². The highest BCUT2D eigenvalue weighted by Gasteiger charge is 2.14. The summed E-state index contributed by atoms with van der Waals surface area (Å²) < 4.78 is 6.50. The highest BCUT2D eigenvalue weighted by Crippen LogP contribution is 2.30. The number of hydrogen-bond acceptors (Lipinski definition) is 2. The lowest BCUT2D eigenvalue weighted by Crippen LogP contribution is -2.12. The Morgan fingerprint density at radius 2 is 2.38 bits per heavy atom. The van der Waals surface area contributed by atoms with E-state index in [2.05, 4.69) is 21.2 Å². The molecule has 1 aliphatic rings. The van der Waals surface area contributed by atoms with E-state index in [1.807, 2.05) is 18.2 Å². The molecule has 0 bridgehead atoms. The molecule has 2 nitrogen and oxygen atoms in total. The van der Waals surface area contributed by atoms with Gasteiger partial charge in [0, 0.05) is 18.8 Å². The van der Waals surface area contributed by atoms with Gasteiger partial charge in [0.2, 0.25) is 0 Å². The van der Waals surface area contributed by atoms with Gasteiger partial charge in [-0.05, 0) is 47.3 Å². The first-order valence-electron chi connectivity index (χ1n) is 5.57. The molecule has 1 N–H and O–H groups in total.